The van der Waals surface area contributed by atoms with E-state index in [0.717, 1.165) is 5.56 Å². The molecule has 5 rings (SSSR count). The lowest BCUT2D eigenvalue weighted by molar-refractivity contribution is -0.119. The van der Waals surface area contributed by atoms with Gasteiger partial charge in [0.1, 0.15) is 12.3 Å². The predicted octanol–water partition coefficient (Wildman–Crippen LogP) is 3.30. The summed E-state index contributed by atoms with van der Waals surface area (Å²) in [5, 5.41) is 11.4. The van der Waals surface area contributed by atoms with Gasteiger partial charge in [0.05, 0.1) is 31.6 Å². The van der Waals surface area contributed by atoms with Crippen LogP contribution in [0.5, 0.6) is 5.88 Å². The molecular formula is C25H25N7O5. The number of carbonyl (C=O) groups excluding carboxylic acids is 2. The van der Waals surface area contributed by atoms with E-state index >= 15 is 0 Å². The van der Waals surface area contributed by atoms with Gasteiger partial charge >= 0.3 is 6.03 Å². The molecule has 37 heavy (non-hydrogen) atoms. The van der Waals surface area contributed by atoms with Crippen LogP contribution in [0.15, 0.2) is 60.9 Å². The Labute approximate surface area is 212 Å². The molecular weight excluding hydrogens is 478 g/mol. The molecule has 2 N–H and O–H groups in total. The molecule has 12 heteroatoms. The second-order valence-corrected chi connectivity index (χ2v) is 8.21. The molecule has 3 amide bonds. The lowest BCUT2D eigenvalue weighted by Crippen LogP contribution is -2.33. The normalized spacial score (nSPS) is 15.1. The van der Waals surface area contributed by atoms with Crippen molar-refractivity contribution in [1.82, 2.24) is 24.6 Å². The number of methoxy groups -OCH3 is 2. The number of hydroxylamine groups is 2. The molecule has 1 saturated heterocycles. The Balaban J connectivity index is 1.38. The maximum atomic E-state index is 13.2. The van der Waals surface area contributed by atoms with Crippen molar-refractivity contribution in [3.05, 3.63) is 66.5 Å². The zero-order valence-corrected chi connectivity index (χ0v) is 20.2. The van der Waals surface area contributed by atoms with Crippen LogP contribution in [0.4, 0.5) is 16.3 Å². The Kier molecular flexibility index (Phi) is 6.92. The summed E-state index contributed by atoms with van der Waals surface area (Å²) < 4.78 is 11.7. The molecule has 0 spiro atoms. The lowest BCUT2D eigenvalue weighted by Gasteiger charge is -2.23. The number of amides is 3. The number of nitrogens with zero attached hydrogens (tertiary/aromatic N) is 5. The highest BCUT2D eigenvalue weighted by atomic mass is 16.7. The number of anilines is 2. The summed E-state index contributed by atoms with van der Waals surface area (Å²) in [6, 6.07) is 14.4. The maximum Gasteiger partial charge on any atom is 0.346 e. The number of hydrogen-bond donors (Lipinski definition) is 2. The monoisotopic (exact) mass is 503 g/mol. The molecule has 0 aliphatic carbocycles. The molecule has 0 radical (unpaired) electrons. The molecule has 1 atom stereocenters. The first-order chi connectivity index (χ1) is 18.1. The van der Waals surface area contributed by atoms with Gasteiger partial charge in [-0.2, -0.15) is 10.2 Å². The predicted molar refractivity (Wildman–Crippen MR) is 134 cm³/mol. The number of fused-ring (bicyclic) bond motifs is 1. The number of ether oxygens (including phenoxy) is 2. The van der Waals surface area contributed by atoms with E-state index in [9.17, 15) is 9.59 Å². The second kappa shape index (κ2) is 10.6. The highest BCUT2D eigenvalue weighted by molar-refractivity contribution is 5.92. The molecule has 3 aromatic heterocycles. The Bertz CT molecular complexity index is 1430. The first kappa shape index (κ1) is 24.2. The van der Waals surface area contributed by atoms with Crippen molar-refractivity contribution < 1.29 is 23.9 Å². The zero-order chi connectivity index (χ0) is 25.8. The maximum absolute atomic E-state index is 13.2. The van der Waals surface area contributed by atoms with Crippen molar-refractivity contribution in [2.24, 2.45) is 0 Å². The smallest absolute Gasteiger partial charge is 0.346 e. The van der Waals surface area contributed by atoms with E-state index < -0.39 is 6.03 Å². The summed E-state index contributed by atoms with van der Waals surface area (Å²) in [7, 11) is 2.92. The highest BCUT2D eigenvalue weighted by Gasteiger charge is 2.32. The van der Waals surface area contributed by atoms with Gasteiger partial charge in [-0.05, 0) is 23.8 Å². The van der Waals surface area contributed by atoms with Crippen LogP contribution in [-0.4, -0.2) is 64.0 Å². The van der Waals surface area contributed by atoms with Crippen molar-refractivity contribution in [2.75, 3.05) is 38.1 Å². The number of urea groups is 1. The van der Waals surface area contributed by atoms with E-state index in [0.29, 0.717) is 41.4 Å². The van der Waals surface area contributed by atoms with Gasteiger partial charge in [0.15, 0.2) is 11.5 Å². The molecule has 190 valence electrons. The van der Waals surface area contributed by atoms with E-state index in [-0.39, 0.29) is 24.4 Å². The van der Waals surface area contributed by atoms with E-state index in [4.69, 9.17) is 14.3 Å². The second-order valence-electron chi connectivity index (χ2n) is 8.21. The Morgan fingerprint density at radius 1 is 1.14 bits per heavy atom. The van der Waals surface area contributed by atoms with E-state index in [2.05, 4.69) is 25.7 Å². The van der Waals surface area contributed by atoms with E-state index in [1.165, 1.54) is 19.3 Å². The molecule has 1 fully saturated rings. The standard InChI is InChI=1S/C25H25N7O5/c1-35-15-23(33)29-21-14-31-22(28-21)9-8-18(30-31)17-12-19(24(36-2)26-13-17)27-25(34)32-20(10-11-37-32)16-6-4-3-5-7-16/h3-9,12-14,20H,10-11,15H2,1-2H3,(H,27,34)(H,29,33)/t20-/m0/s1. The van der Waals surface area contributed by atoms with Crippen LogP contribution in [-0.2, 0) is 14.4 Å². The summed E-state index contributed by atoms with van der Waals surface area (Å²) in [6.07, 6.45) is 3.88. The largest absolute Gasteiger partial charge is 0.480 e. The number of hydrogen-bond acceptors (Lipinski definition) is 8. The van der Waals surface area contributed by atoms with E-state index in [1.807, 2.05) is 30.3 Å². The van der Waals surface area contributed by atoms with Gasteiger partial charge in [0.25, 0.3) is 5.91 Å². The highest BCUT2D eigenvalue weighted by Crippen LogP contribution is 2.32. The topological polar surface area (TPSA) is 132 Å². The third-order valence-electron chi connectivity index (χ3n) is 5.73. The summed E-state index contributed by atoms with van der Waals surface area (Å²) in [4.78, 5) is 39.3. The first-order valence-electron chi connectivity index (χ1n) is 11.5. The number of pyridine rings is 1. The van der Waals surface area contributed by atoms with Gasteiger partial charge in [-0.1, -0.05) is 30.3 Å². The number of rotatable bonds is 7. The fourth-order valence-electron chi connectivity index (χ4n) is 4.07. The third-order valence-corrected chi connectivity index (χ3v) is 5.73. The number of nitrogens with one attached hydrogen (secondary N) is 2. The fraction of sp³-hybridized carbons (Fsp3) is 0.240. The third kappa shape index (κ3) is 5.20. The van der Waals surface area contributed by atoms with Crippen LogP contribution < -0.4 is 15.4 Å². The van der Waals surface area contributed by atoms with Gasteiger partial charge in [0, 0.05) is 25.3 Å². The van der Waals surface area contributed by atoms with Crippen LogP contribution in [0.2, 0.25) is 0 Å². The summed E-state index contributed by atoms with van der Waals surface area (Å²) in [5.74, 6) is 0.285. The number of carbonyl (C=O) groups is 2. The SMILES string of the molecule is COCC(=O)Nc1cn2nc(-c3cnc(OC)c(NC(=O)N4OCC[C@H]4c4ccccc4)c3)ccc2n1. The van der Waals surface area contributed by atoms with Crippen molar-refractivity contribution in [2.45, 2.75) is 12.5 Å². The van der Waals surface area contributed by atoms with E-state index in [1.54, 1.807) is 35.1 Å². The lowest BCUT2D eigenvalue weighted by atomic mass is 10.1. The molecule has 12 nitrogen and oxygen atoms in total. The minimum absolute atomic E-state index is 0.0763. The Morgan fingerprint density at radius 3 is 2.76 bits per heavy atom. The van der Waals surface area contributed by atoms with Crippen LogP contribution in [0.25, 0.3) is 16.9 Å². The minimum Gasteiger partial charge on any atom is -0.480 e. The van der Waals surface area contributed by atoms with Crippen molar-refractivity contribution in [3.8, 4) is 17.1 Å². The molecule has 4 heterocycles. The first-order valence-corrected chi connectivity index (χ1v) is 11.5. The van der Waals surface area contributed by atoms with Crippen molar-refractivity contribution in [1.29, 1.82) is 0 Å². The Morgan fingerprint density at radius 2 is 1.97 bits per heavy atom. The summed E-state index contributed by atoms with van der Waals surface area (Å²) in [5.41, 5.74) is 3.12. The number of aromatic nitrogens is 4. The van der Waals surface area contributed by atoms with Crippen LogP contribution in [0.3, 0.4) is 0 Å². The van der Waals surface area contributed by atoms with Crippen LogP contribution >= 0.6 is 0 Å². The molecule has 0 bridgehead atoms. The molecule has 1 aromatic carbocycles. The molecule has 1 aliphatic rings. The fourth-order valence-corrected chi connectivity index (χ4v) is 4.07. The van der Waals surface area contributed by atoms with Gasteiger partial charge in [0.2, 0.25) is 5.88 Å². The molecule has 0 unspecified atom stereocenters. The number of imidazole rings is 1. The molecule has 0 saturated carbocycles. The average molecular weight is 504 g/mol. The summed E-state index contributed by atoms with van der Waals surface area (Å²) >= 11 is 0. The van der Waals surface area contributed by atoms with Crippen molar-refractivity contribution >= 4 is 29.1 Å². The van der Waals surface area contributed by atoms with Gasteiger partial charge in [-0.3, -0.25) is 9.63 Å². The zero-order valence-electron chi connectivity index (χ0n) is 20.2. The van der Waals surface area contributed by atoms with Gasteiger partial charge < -0.3 is 20.1 Å². The van der Waals surface area contributed by atoms with Gasteiger partial charge in [-0.15, -0.1) is 0 Å². The van der Waals surface area contributed by atoms with Gasteiger partial charge in [-0.25, -0.2) is 19.3 Å². The van der Waals surface area contributed by atoms with Crippen LogP contribution in [0.1, 0.15) is 18.0 Å². The summed E-state index contributed by atoms with van der Waals surface area (Å²) in [6.45, 7) is 0.359. The minimum atomic E-state index is -0.432. The molecule has 1 aliphatic heterocycles. The number of benzene rings is 1. The molecule has 4 aromatic rings. The quantitative estimate of drug-likeness (QED) is 0.393. The average Bonchev–Trinajstić information content (AvgIpc) is 3.56. The Hall–Kier alpha value is -4.55. The van der Waals surface area contributed by atoms with Crippen molar-refractivity contribution in [3.63, 3.8) is 0 Å². The van der Waals surface area contributed by atoms with Crippen LogP contribution in [0, 0.1) is 0 Å².